The molecule has 0 N–H and O–H groups in total. The Morgan fingerprint density at radius 3 is 1.67 bits per heavy atom. The fourth-order valence-corrected chi connectivity index (χ4v) is 7.46. The van der Waals surface area contributed by atoms with Crippen LogP contribution >= 0.6 is 0 Å². The molecule has 10 aromatic rings. The highest BCUT2D eigenvalue weighted by Crippen LogP contribution is 2.40. The third-order valence-electron chi connectivity index (χ3n) is 9.86. The van der Waals surface area contributed by atoms with Gasteiger partial charge >= 0.3 is 0 Å². The number of hydrogen-bond acceptors (Lipinski definition) is 2. The van der Waals surface area contributed by atoms with Crippen LogP contribution in [0.5, 0.6) is 0 Å². The van der Waals surface area contributed by atoms with Crippen molar-refractivity contribution >= 4 is 54.4 Å². The van der Waals surface area contributed by atoms with Crippen LogP contribution in [-0.2, 0) is 0 Å². The first-order valence-electron chi connectivity index (χ1n) is 16.7. The van der Waals surface area contributed by atoms with Gasteiger partial charge in [-0.1, -0.05) is 140 Å². The molecule has 0 saturated heterocycles. The molecule has 2 heteroatoms. The van der Waals surface area contributed by atoms with Crippen molar-refractivity contribution in [2.45, 2.75) is 0 Å². The summed E-state index contributed by atoms with van der Waals surface area (Å²) < 4.78 is 6.39. The number of nitrogens with zero attached hydrogens (tertiary/aromatic N) is 1. The molecule has 0 radical (unpaired) electrons. The minimum Gasteiger partial charge on any atom is -0.455 e. The van der Waals surface area contributed by atoms with Crippen LogP contribution in [0.25, 0.3) is 99.0 Å². The van der Waals surface area contributed by atoms with E-state index in [0.717, 1.165) is 60.6 Å². The number of rotatable bonds is 4. The number of benzene rings is 8. The lowest BCUT2D eigenvalue weighted by atomic mass is 9.91. The summed E-state index contributed by atoms with van der Waals surface area (Å²) in [6, 6.07) is 62.6. The molecule has 2 aromatic heterocycles. The molecule has 228 valence electrons. The molecule has 0 saturated carbocycles. The molecule has 0 aliphatic rings. The summed E-state index contributed by atoms with van der Waals surface area (Å²) >= 11 is 0. The molecule has 0 bridgehead atoms. The molecule has 49 heavy (non-hydrogen) atoms. The molecule has 0 atom stereocenters. The highest BCUT2D eigenvalue weighted by atomic mass is 16.3. The van der Waals surface area contributed by atoms with Crippen LogP contribution in [-0.4, -0.2) is 4.98 Å². The largest absolute Gasteiger partial charge is 0.455 e. The van der Waals surface area contributed by atoms with Crippen LogP contribution < -0.4 is 0 Å². The van der Waals surface area contributed by atoms with E-state index in [2.05, 4.69) is 164 Å². The first-order valence-corrected chi connectivity index (χ1v) is 16.7. The summed E-state index contributed by atoms with van der Waals surface area (Å²) in [5.74, 6) is 0. The molecule has 0 aliphatic carbocycles. The zero-order chi connectivity index (χ0) is 32.3. The predicted molar refractivity (Wildman–Crippen MR) is 206 cm³/mol. The third-order valence-corrected chi connectivity index (χ3v) is 9.86. The van der Waals surface area contributed by atoms with Gasteiger partial charge in [0, 0.05) is 32.7 Å². The zero-order valence-electron chi connectivity index (χ0n) is 26.6. The average molecular weight is 624 g/mol. The van der Waals surface area contributed by atoms with Crippen LogP contribution in [0.15, 0.2) is 180 Å². The normalized spacial score (nSPS) is 11.7. The molecule has 0 aliphatic heterocycles. The number of fused-ring (bicyclic) bond motifs is 9. The Labute approximate surface area is 283 Å². The van der Waals surface area contributed by atoms with Crippen molar-refractivity contribution in [3.8, 4) is 44.6 Å². The summed E-state index contributed by atoms with van der Waals surface area (Å²) in [5, 5.41) is 8.22. The van der Waals surface area contributed by atoms with Gasteiger partial charge in [0.1, 0.15) is 11.2 Å². The number of para-hydroxylation sites is 2. The fraction of sp³-hybridized carbons (Fsp3) is 0. The van der Waals surface area contributed by atoms with Gasteiger partial charge in [0.15, 0.2) is 0 Å². The van der Waals surface area contributed by atoms with Crippen LogP contribution in [0.3, 0.4) is 0 Å². The van der Waals surface area contributed by atoms with Crippen molar-refractivity contribution in [2.24, 2.45) is 0 Å². The second-order valence-corrected chi connectivity index (χ2v) is 12.7. The average Bonchev–Trinajstić information content (AvgIpc) is 3.57. The lowest BCUT2D eigenvalue weighted by Crippen LogP contribution is -1.91. The van der Waals surface area contributed by atoms with E-state index in [1.165, 1.54) is 38.4 Å². The van der Waals surface area contributed by atoms with E-state index in [4.69, 9.17) is 9.40 Å². The van der Waals surface area contributed by atoms with Gasteiger partial charge < -0.3 is 4.42 Å². The van der Waals surface area contributed by atoms with Crippen molar-refractivity contribution in [2.75, 3.05) is 0 Å². The standard InChI is InChI=1S/C47H29NO/c1-3-11-30(12-4-1)32-21-23-37-39-25-26-44(48-46(39)40-24-22-33(29-43(40)42(37)28-32)31-13-5-2-6-14-31)35-16-9-15-34(27-35)36-18-10-19-41-38-17-7-8-20-45(38)49-47(36)41/h1-29H. The minimum atomic E-state index is 0.905. The Morgan fingerprint density at radius 2 is 0.898 bits per heavy atom. The van der Waals surface area contributed by atoms with E-state index in [9.17, 15) is 0 Å². The maximum atomic E-state index is 6.39. The van der Waals surface area contributed by atoms with Gasteiger partial charge in [0.2, 0.25) is 0 Å². The van der Waals surface area contributed by atoms with E-state index in [0.29, 0.717) is 0 Å². The number of furan rings is 1. The fourth-order valence-electron chi connectivity index (χ4n) is 7.46. The number of pyridine rings is 1. The Morgan fingerprint density at radius 1 is 0.327 bits per heavy atom. The summed E-state index contributed by atoms with van der Waals surface area (Å²) in [4.78, 5) is 5.42. The molecular weight excluding hydrogens is 595 g/mol. The van der Waals surface area contributed by atoms with Crippen molar-refractivity contribution in [1.29, 1.82) is 0 Å². The highest BCUT2D eigenvalue weighted by molar-refractivity contribution is 6.25. The van der Waals surface area contributed by atoms with Gasteiger partial charge in [-0.3, -0.25) is 0 Å². The van der Waals surface area contributed by atoms with Gasteiger partial charge in [-0.05, 0) is 80.4 Å². The predicted octanol–water partition coefficient (Wildman–Crippen LogP) is 13.1. The molecule has 0 spiro atoms. The quantitative estimate of drug-likeness (QED) is 0.182. The Kier molecular flexibility index (Phi) is 6.22. The van der Waals surface area contributed by atoms with E-state index in [1.54, 1.807) is 0 Å². The molecule has 2 heterocycles. The molecule has 10 rings (SSSR count). The van der Waals surface area contributed by atoms with E-state index >= 15 is 0 Å². The molecule has 2 nitrogen and oxygen atoms in total. The molecule has 8 aromatic carbocycles. The molecule has 0 fully saturated rings. The smallest absolute Gasteiger partial charge is 0.143 e. The molecular formula is C47H29NO. The van der Waals surface area contributed by atoms with Crippen LogP contribution in [0.1, 0.15) is 0 Å². The summed E-state index contributed by atoms with van der Waals surface area (Å²) in [5.41, 5.74) is 11.8. The lowest BCUT2D eigenvalue weighted by molar-refractivity contribution is 0.670. The topological polar surface area (TPSA) is 26.0 Å². The van der Waals surface area contributed by atoms with Gasteiger partial charge in [-0.15, -0.1) is 0 Å². The first kappa shape index (κ1) is 27.6. The van der Waals surface area contributed by atoms with E-state index < -0.39 is 0 Å². The molecule has 0 amide bonds. The maximum Gasteiger partial charge on any atom is 0.143 e. The number of hydrogen-bond donors (Lipinski definition) is 0. The van der Waals surface area contributed by atoms with Crippen LogP contribution in [0, 0.1) is 0 Å². The first-order chi connectivity index (χ1) is 24.3. The third kappa shape index (κ3) is 4.53. The van der Waals surface area contributed by atoms with Crippen molar-refractivity contribution in [1.82, 2.24) is 4.98 Å². The Bertz CT molecular complexity index is 2870. The maximum absolute atomic E-state index is 6.39. The Balaban J connectivity index is 1.18. The summed E-state index contributed by atoms with van der Waals surface area (Å²) in [6.45, 7) is 0. The summed E-state index contributed by atoms with van der Waals surface area (Å²) in [6.07, 6.45) is 0. The van der Waals surface area contributed by atoms with Gasteiger partial charge in [0.05, 0.1) is 11.2 Å². The van der Waals surface area contributed by atoms with Gasteiger partial charge in [0.25, 0.3) is 0 Å². The zero-order valence-corrected chi connectivity index (χ0v) is 26.6. The highest BCUT2D eigenvalue weighted by Gasteiger charge is 2.16. The number of aromatic nitrogens is 1. The van der Waals surface area contributed by atoms with Crippen LogP contribution in [0.4, 0.5) is 0 Å². The van der Waals surface area contributed by atoms with Crippen molar-refractivity contribution < 1.29 is 4.42 Å². The second kappa shape index (κ2) is 11.0. The van der Waals surface area contributed by atoms with Crippen molar-refractivity contribution in [3.05, 3.63) is 176 Å². The van der Waals surface area contributed by atoms with E-state index in [-0.39, 0.29) is 0 Å². The lowest BCUT2D eigenvalue weighted by Gasteiger charge is -2.14. The van der Waals surface area contributed by atoms with E-state index in [1.807, 2.05) is 12.1 Å². The minimum absolute atomic E-state index is 0.905. The summed E-state index contributed by atoms with van der Waals surface area (Å²) in [7, 11) is 0. The van der Waals surface area contributed by atoms with Crippen molar-refractivity contribution in [3.63, 3.8) is 0 Å². The Hall–Kier alpha value is -6.51. The monoisotopic (exact) mass is 623 g/mol. The van der Waals surface area contributed by atoms with Gasteiger partial charge in [-0.25, -0.2) is 4.98 Å². The van der Waals surface area contributed by atoms with Crippen LogP contribution in [0.2, 0.25) is 0 Å². The van der Waals surface area contributed by atoms with Gasteiger partial charge in [-0.2, -0.15) is 0 Å². The molecule has 0 unspecified atom stereocenters. The SMILES string of the molecule is c1ccc(-c2ccc3c(c2)c2cc(-c4ccccc4)ccc2c2nc(-c4cccc(-c5cccc6c5oc5ccccc56)c4)ccc32)cc1. The second-order valence-electron chi connectivity index (χ2n) is 12.7.